The quantitative estimate of drug-likeness (QED) is 0.912. The second-order valence-electron chi connectivity index (χ2n) is 6.17. The molecule has 2 aliphatic rings. The molecule has 3 rings (SSSR count). The molecule has 0 saturated carbocycles. The molecule has 0 aromatic carbocycles. The van der Waals surface area contributed by atoms with Crippen LogP contribution in [0.4, 0.5) is 5.13 Å². The summed E-state index contributed by atoms with van der Waals surface area (Å²) in [5.41, 5.74) is 1.35. The Kier molecular flexibility index (Phi) is 4.61. The third-order valence-corrected chi connectivity index (χ3v) is 5.95. The van der Waals surface area contributed by atoms with Crippen LogP contribution in [0, 0.1) is 0 Å². The maximum atomic E-state index is 5.04. The number of nitrogens with zero attached hydrogens (tertiary/aromatic N) is 2. The second kappa shape index (κ2) is 6.44. The first-order valence-electron chi connectivity index (χ1n) is 8.27. The van der Waals surface area contributed by atoms with Gasteiger partial charge in [0, 0.05) is 17.5 Å². The van der Waals surface area contributed by atoms with Crippen LogP contribution in [-0.2, 0) is 6.42 Å². The van der Waals surface area contributed by atoms with Gasteiger partial charge in [-0.2, -0.15) is 0 Å². The van der Waals surface area contributed by atoms with E-state index in [9.17, 15) is 0 Å². The molecule has 1 saturated heterocycles. The van der Waals surface area contributed by atoms with E-state index in [-0.39, 0.29) is 0 Å². The number of hydrogen-bond acceptors (Lipinski definition) is 4. The van der Waals surface area contributed by atoms with Gasteiger partial charge in [-0.15, -0.1) is 11.3 Å². The molecule has 0 spiro atoms. The van der Waals surface area contributed by atoms with Crippen LogP contribution in [0.2, 0.25) is 0 Å². The Morgan fingerprint density at radius 2 is 2.20 bits per heavy atom. The van der Waals surface area contributed by atoms with Gasteiger partial charge in [-0.3, -0.25) is 0 Å². The van der Waals surface area contributed by atoms with Gasteiger partial charge in [0.2, 0.25) is 0 Å². The van der Waals surface area contributed by atoms with Gasteiger partial charge in [0.1, 0.15) is 0 Å². The summed E-state index contributed by atoms with van der Waals surface area (Å²) in [7, 11) is 2.07. The van der Waals surface area contributed by atoms with Crippen molar-refractivity contribution in [2.45, 2.75) is 70.4 Å². The molecule has 1 aromatic rings. The molecule has 3 nitrogen and oxygen atoms in total. The molecule has 2 atom stereocenters. The lowest BCUT2D eigenvalue weighted by molar-refractivity contribution is 0.433. The number of aromatic nitrogens is 1. The van der Waals surface area contributed by atoms with Crippen molar-refractivity contribution < 1.29 is 0 Å². The Balaban J connectivity index is 1.84. The highest BCUT2D eigenvalue weighted by atomic mass is 32.1. The first kappa shape index (κ1) is 14.3. The molecule has 0 radical (unpaired) electrons. The third kappa shape index (κ3) is 2.73. The van der Waals surface area contributed by atoms with Gasteiger partial charge in [-0.1, -0.05) is 13.3 Å². The molecule has 0 bridgehead atoms. The van der Waals surface area contributed by atoms with Crippen LogP contribution < -0.4 is 10.2 Å². The van der Waals surface area contributed by atoms with E-state index >= 15 is 0 Å². The second-order valence-corrected chi connectivity index (χ2v) is 7.23. The first-order chi connectivity index (χ1) is 9.83. The number of nitrogens with one attached hydrogen (secondary N) is 1. The van der Waals surface area contributed by atoms with Gasteiger partial charge in [-0.25, -0.2) is 4.98 Å². The lowest BCUT2D eigenvalue weighted by Crippen LogP contribution is -2.39. The standard InChI is InChI=1S/C16H27N3S/c1-3-7-12-8-4-5-11-19(12)16-18-15-13(17-2)9-6-10-14(15)20-16/h12-13,17H,3-11H2,1-2H3. The Bertz CT molecular complexity index is 441. The molecule has 1 fully saturated rings. The summed E-state index contributed by atoms with van der Waals surface area (Å²) in [6, 6.07) is 1.22. The fourth-order valence-electron chi connectivity index (χ4n) is 3.70. The minimum Gasteiger partial charge on any atom is -0.345 e. The summed E-state index contributed by atoms with van der Waals surface area (Å²) in [5.74, 6) is 0. The predicted octanol–water partition coefficient (Wildman–Crippen LogP) is 3.90. The lowest BCUT2D eigenvalue weighted by atomic mass is 9.98. The molecule has 1 aliphatic heterocycles. The number of anilines is 1. The fraction of sp³-hybridized carbons (Fsp3) is 0.812. The summed E-state index contributed by atoms with van der Waals surface area (Å²) in [6.45, 7) is 3.51. The van der Waals surface area contributed by atoms with E-state index in [0.29, 0.717) is 6.04 Å². The molecule has 112 valence electrons. The maximum absolute atomic E-state index is 5.04. The summed E-state index contributed by atoms with van der Waals surface area (Å²) in [6.07, 6.45) is 10.5. The molecule has 1 N–H and O–H groups in total. The maximum Gasteiger partial charge on any atom is 0.186 e. The number of aryl methyl sites for hydroxylation is 1. The van der Waals surface area contributed by atoms with Crippen LogP contribution in [0.15, 0.2) is 0 Å². The van der Waals surface area contributed by atoms with E-state index in [4.69, 9.17) is 4.98 Å². The zero-order chi connectivity index (χ0) is 13.9. The fourth-order valence-corrected chi connectivity index (χ4v) is 4.96. The molecular weight excluding hydrogens is 266 g/mol. The van der Waals surface area contributed by atoms with Crippen LogP contribution >= 0.6 is 11.3 Å². The molecule has 20 heavy (non-hydrogen) atoms. The Labute approximate surface area is 126 Å². The lowest BCUT2D eigenvalue weighted by Gasteiger charge is -2.35. The summed E-state index contributed by atoms with van der Waals surface area (Å²) in [4.78, 5) is 9.19. The SMILES string of the molecule is CCCC1CCCCN1c1nc2c(s1)CCCC2NC. The third-order valence-electron chi connectivity index (χ3n) is 4.79. The van der Waals surface area contributed by atoms with Crippen molar-refractivity contribution in [1.29, 1.82) is 0 Å². The number of thiazole rings is 1. The Morgan fingerprint density at radius 1 is 1.30 bits per heavy atom. The van der Waals surface area contributed by atoms with Crippen molar-refractivity contribution in [3.8, 4) is 0 Å². The van der Waals surface area contributed by atoms with Crippen LogP contribution in [0.5, 0.6) is 0 Å². The number of rotatable bonds is 4. The first-order valence-corrected chi connectivity index (χ1v) is 9.08. The summed E-state index contributed by atoms with van der Waals surface area (Å²) < 4.78 is 0. The van der Waals surface area contributed by atoms with Crippen LogP contribution in [0.1, 0.15) is 68.5 Å². The topological polar surface area (TPSA) is 28.2 Å². The van der Waals surface area contributed by atoms with Crippen LogP contribution in [0.25, 0.3) is 0 Å². The molecule has 2 unspecified atom stereocenters. The highest BCUT2D eigenvalue weighted by molar-refractivity contribution is 7.15. The van der Waals surface area contributed by atoms with Gasteiger partial charge in [0.25, 0.3) is 0 Å². The van der Waals surface area contributed by atoms with Gasteiger partial charge in [0.05, 0.1) is 11.7 Å². The molecule has 4 heteroatoms. The zero-order valence-electron chi connectivity index (χ0n) is 12.8. The van der Waals surface area contributed by atoms with Crippen molar-refractivity contribution in [2.24, 2.45) is 0 Å². The highest BCUT2D eigenvalue weighted by Crippen LogP contribution is 2.38. The smallest absolute Gasteiger partial charge is 0.186 e. The van der Waals surface area contributed by atoms with Gasteiger partial charge < -0.3 is 10.2 Å². The van der Waals surface area contributed by atoms with E-state index in [0.717, 1.165) is 6.04 Å². The van der Waals surface area contributed by atoms with Crippen LogP contribution in [0.3, 0.4) is 0 Å². The molecule has 1 aromatic heterocycles. The predicted molar refractivity (Wildman–Crippen MR) is 86.7 cm³/mol. The summed E-state index contributed by atoms with van der Waals surface area (Å²) >= 11 is 1.97. The minimum atomic E-state index is 0.484. The van der Waals surface area contributed by atoms with Crippen molar-refractivity contribution in [2.75, 3.05) is 18.5 Å². The van der Waals surface area contributed by atoms with Crippen molar-refractivity contribution in [3.05, 3.63) is 10.6 Å². The number of hydrogen-bond donors (Lipinski definition) is 1. The van der Waals surface area contributed by atoms with Gasteiger partial charge in [0.15, 0.2) is 5.13 Å². The van der Waals surface area contributed by atoms with E-state index in [1.54, 1.807) is 0 Å². The summed E-state index contributed by atoms with van der Waals surface area (Å²) in [5, 5.41) is 4.74. The monoisotopic (exact) mass is 293 g/mol. The average Bonchev–Trinajstić information content (AvgIpc) is 2.92. The van der Waals surface area contributed by atoms with Crippen LogP contribution in [-0.4, -0.2) is 24.6 Å². The Morgan fingerprint density at radius 3 is 3.00 bits per heavy atom. The van der Waals surface area contributed by atoms with E-state index < -0.39 is 0 Å². The largest absolute Gasteiger partial charge is 0.345 e. The van der Waals surface area contributed by atoms with Crippen molar-refractivity contribution in [1.82, 2.24) is 10.3 Å². The highest BCUT2D eigenvalue weighted by Gasteiger charge is 2.28. The molecule has 2 heterocycles. The number of fused-ring (bicyclic) bond motifs is 1. The average molecular weight is 293 g/mol. The molecular formula is C16H27N3S. The van der Waals surface area contributed by atoms with Gasteiger partial charge >= 0.3 is 0 Å². The normalized spacial score (nSPS) is 26.6. The van der Waals surface area contributed by atoms with E-state index in [2.05, 4.69) is 24.2 Å². The number of piperidine rings is 1. The molecule has 1 aliphatic carbocycles. The van der Waals surface area contributed by atoms with E-state index in [1.807, 2.05) is 11.3 Å². The zero-order valence-corrected chi connectivity index (χ0v) is 13.6. The Hall–Kier alpha value is -0.610. The van der Waals surface area contributed by atoms with Crippen molar-refractivity contribution in [3.63, 3.8) is 0 Å². The van der Waals surface area contributed by atoms with Gasteiger partial charge in [-0.05, 0) is 52.0 Å². The van der Waals surface area contributed by atoms with E-state index in [1.165, 1.54) is 73.6 Å². The molecule has 0 amide bonds. The van der Waals surface area contributed by atoms with Crippen molar-refractivity contribution >= 4 is 16.5 Å². The minimum absolute atomic E-state index is 0.484.